The van der Waals surface area contributed by atoms with Crippen LogP contribution in [0.2, 0.25) is 0 Å². The van der Waals surface area contributed by atoms with Gasteiger partial charge in [0.25, 0.3) is 10.0 Å². The number of rotatable bonds is 11. The van der Waals surface area contributed by atoms with Crippen molar-refractivity contribution in [2.24, 2.45) is 0 Å². The number of sulfonamides is 1. The zero-order chi connectivity index (χ0) is 25.4. The maximum atomic E-state index is 12.8. The second-order valence-electron chi connectivity index (χ2n) is 7.43. The van der Waals surface area contributed by atoms with E-state index in [1.165, 1.54) is 38.5 Å². The van der Waals surface area contributed by atoms with Crippen LogP contribution in [0.3, 0.4) is 0 Å². The fourth-order valence-electron chi connectivity index (χ4n) is 3.32. The van der Waals surface area contributed by atoms with Gasteiger partial charge in [-0.1, -0.05) is 6.07 Å². The summed E-state index contributed by atoms with van der Waals surface area (Å²) < 4.78 is 49.0. The molecule has 0 atom stereocenters. The van der Waals surface area contributed by atoms with Crippen molar-refractivity contribution in [1.82, 2.24) is 0 Å². The number of hydrogen-bond acceptors (Lipinski definition) is 7. The predicted molar refractivity (Wildman–Crippen MR) is 133 cm³/mol. The van der Waals surface area contributed by atoms with E-state index in [1.54, 1.807) is 38.5 Å². The van der Waals surface area contributed by atoms with E-state index in [9.17, 15) is 13.2 Å². The Morgan fingerprint density at radius 1 is 0.771 bits per heavy atom. The summed E-state index contributed by atoms with van der Waals surface area (Å²) in [5.74, 6) is 1.89. The van der Waals surface area contributed by atoms with E-state index in [1.807, 2.05) is 12.1 Å². The van der Waals surface area contributed by atoms with Crippen molar-refractivity contribution in [2.45, 2.75) is 17.7 Å². The molecule has 0 heterocycles. The molecule has 3 rings (SSSR count). The van der Waals surface area contributed by atoms with Crippen molar-refractivity contribution < 1.29 is 32.2 Å². The first-order valence-electron chi connectivity index (χ1n) is 10.6. The lowest BCUT2D eigenvalue weighted by molar-refractivity contribution is -0.116. The Kier molecular flexibility index (Phi) is 8.43. The average Bonchev–Trinajstić information content (AvgIpc) is 2.87. The number of hydrogen-bond donors (Lipinski definition) is 2. The van der Waals surface area contributed by atoms with Gasteiger partial charge in [0.15, 0.2) is 11.5 Å². The molecule has 0 spiro atoms. The molecule has 2 N–H and O–H groups in total. The molecule has 0 aliphatic rings. The number of nitrogens with one attached hydrogen (secondary N) is 2. The third-order valence-corrected chi connectivity index (χ3v) is 6.57. The lowest BCUT2D eigenvalue weighted by Gasteiger charge is -2.13. The minimum atomic E-state index is -3.88. The van der Waals surface area contributed by atoms with Gasteiger partial charge in [0.1, 0.15) is 11.5 Å². The van der Waals surface area contributed by atoms with Crippen LogP contribution in [-0.4, -0.2) is 42.8 Å². The zero-order valence-corrected chi connectivity index (χ0v) is 20.8. The molecule has 0 fully saturated rings. The molecule has 3 aromatic rings. The number of methoxy groups -OCH3 is 4. The number of benzene rings is 3. The number of carbonyl (C=O) groups is 1. The monoisotopic (exact) mass is 500 g/mol. The van der Waals surface area contributed by atoms with Gasteiger partial charge in [-0.2, -0.15) is 0 Å². The normalized spacial score (nSPS) is 10.9. The molecule has 186 valence electrons. The van der Waals surface area contributed by atoms with Crippen molar-refractivity contribution >= 4 is 27.3 Å². The summed E-state index contributed by atoms with van der Waals surface area (Å²) in [4.78, 5) is 12.4. The molecule has 3 aromatic carbocycles. The largest absolute Gasteiger partial charge is 0.497 e. The summed E-state index contributed by atoms with van der Waals surface area (Å²) in [5, 5.41) is 2.78. The Labute approximate surface area is 205 Å². The summed E-state index contributed by atoms with van der Waals surface area (Å²) in [6.45, 7) is 0. The average molecular weight is 501 g/mol. The second-order valence-corrected chi connectivity index (χ2v) is 9.12. The van der Waals surface area contributed by atoms with Crippen molar-refractivity contribution in [3.63, 3.8) is 0 Å². The molecule has 35 heavy (non-hydrogen) atoms. The van der Waals surface area contributed by atoms with Crippen LogP contribution in [-0.2, 0) is 21.2 Å². The molecule has 0 unspecified atom stereocenters. The topological polar surface area (TPSA) is 112 Å². The molecule has 0 bridgehead atoms. The molecule has 10 heteroatoms. The predicted octanol–water partition coefficient (Wildman–Crippen LogP) is 4.09. The van der Waals surface area contributed by atoms with E-state index in [2.05, 4.69) is 10.0 Å². The highest BCUT2D eigenvalue weighted by atomic mass is 32.2. The van der Waals surface area contributed by atoms with E-state index in [4.69, 9.17) is 18.9 Å². The summed E-state index contributed by atoms with van der Waals surface area (Å²) >= 11 is 0. The van der Waals surface area contributed by atoms with E-state index >= 15 is 0 Å². The van der Waals surface area contributed by atoms with Gasteiger partial charge >= 0.3 is 0 Å². The highest BCUT2D eigenvalue weighted by Gasteiger charge is 2.17. The van der Waals surface area contributed by atoms with Crippen LogP contribution in [0.25, 0.3) is 0 Å². The van der Waals surface area contributed by atoms with Crippen molar-refractivity contribution in [1.29, 1.82) is 0 Å². The maximum Gasteiger partial charge on any atom is 0.262 e. The standard InChI is InChI=1S/C25H28N2O7S/c1-31-19-9-12-21(23(16-19)33-3)27-35(29,30)20-10-7-18(8-11-20)26-25(28)14-6-17-5-13-22(32-2)24(15-17)34-4/h5,7-13,15-16,27H,6,14H2,1-4H3,(H,26,28). The van der Waals surface area contributed by atoms with Gasteiger partial charge in [0, 0.05) is 18.2 Å². The van der Waals surface area contributed by atoms with Crippen LogP contribution in [0, 0.1) is 0 Å². The number of anilines is 2. The third kappa shape index (κ3) is 6.57. The quantitative estimate of drug-likeness (QED) is 0.408. The first-order valence-corrected chi connectivity index (χ1v) is 12.1. The minimum Gasteiger partial charge on any atom is -0.497 e. The zero-order valence-electron chi connectivity index (χ0n) is 20.0. The fourth-order valence-corrected chi connectivity index (χ4v) is 4.39. The molecule has 9 nitrogen and oxygen atoms in total. The molecular formula is C25H28N2O7S. The van der Waals surface area contributed by atoms with Crippen molar-refractivity contribution in [2.75, 3.05) is 38.5 Å². The van der Waals surface area contributed by atoms with Crippen LogP contribution >= 0.6 is 0 Å². The Bertz CT molecular complexity index is 1280. The molecule has 0 aromatic heterocycles. The Balaban J connectivity index is 1.62. The lowest BCUT2D eigenvalue weighted by Crippen LogP contribution is -2.15. The Morgan fingerprint density at radius 3 is 2.09 bits per heavy atom. The van der Waals surface area contributed by atoms with Crippen molar-refractivity contribution in [3.05, 3.63) is 66.2 Å². The molecule has 1 amide bonds. The first-order chi connectivity index (χ1) is 16.8. The van der Waals surface area contributed by atoms with Crippen LogP contribution in [0.1, 0.15) is 12.0 Å². The molecule has 0 aliphatic heterocycles. The number of amides is 1. The molecule has 0 aliphatic carbocycles. The van der Waals surface area contributed by atoms with E-state index < -0.39 is 10.0 Å². The Morgan fingerprint density at radius 2 is 1.46 bits per heavy atom. The second kappa shape index (κ2) is 11.5. The fraction of sp³-hybridized carbons (Fsp3) is 0.240. The first kappa shape index (κ1) is 25.7. The van der Waals surface area contributed by atoms with Crippen LogP contribution in [0.5, 0.6) is 23.0 Å². The smallest absolute Gasteiger partial charge is 0.262 e. The Hall–Kier alpha value is -3.92. The number of carbonyl (C=O) groups excluding carboxylic acids is 1. The SMILES string of the molecule is COc1ccc(NS(=O)(=O)c2ccc(NC(=O)CCc3ccc(OC)c(OC)c3)cc2)c(OC)c1. The van der Waals surface area contributed by atoms with Gasteiger partial charge in [-0.05, 0) is 60.5 Å². The third-order valence-electron chi connectivity index (χ3n) is 5.19. The number of aryl methyl sites for hydroxylation is 1. The maximum absolute atomic E-state index is 12.8. The van der Waals surface area contributed by atoms with Crippen molar-refractivity contribution in [3.8, 4) is 23.0 Å². The summed E-state index contributed by atoms with van der Waals surface area (Å²) in [5.41, 5.74) is 1.70. The minimum absolute atomic E-state index is 0.0405. The van der Waals surface area contributed by atoms with Crippen LogP contribution in [0.4, 0.5) is 11.4 Å². The number of ether oxygens (including phenoxy) is 4. The van der Waals surface area contributed by atoms with Gasteiger partial charge in [-0.3, -0.25) is 9.52 Å². The van der Waals surface area contributed by atoms with E-state index in [0.29, 0.717) is 35.1 Å². The molecule has 0 saturated carbocycles. The molecule has 0 saturated heterocycles. The van der Waals surface area contributed by atoms with Gasteiger partial charge < -0.3 is 24.3 Å². The molecular weight excluding hydrogens is 472 g/mol. The van der Waals surface area contributed by atoms with Crippen LogP contribution in [0.15, 0.2) is 65.6 Å². The summed E-state index contributed by atoms with van der Waals surface area (Å²) in [6, 6.07) is 16.2. The van der Waals surface area contributed by atoms with Gasteiger partial charge in [-0.15, -0.1) is 0 Å². The van der Waals surface area contributed by atoms with Gasteiger partial charge in [0.2, 0.25) is 5.91 Å². The van der Waals surface area contributed by atoms with Crippen LogP contribution < -0.4 is 29.0 Å². The van der Waals surface area contributed by atoms with Gasteiger partial charge in [-0.25, -0.2) is 8.42 Å². The summed E-state index contributed by atoms with van der Waals surface area (Å²) in [7, 11) is 2.19. The van der Waals surface area contributed by atoms with Gasteiger partial charge in [0.05, 0.1) is 39.0 Å². The summed E-state index contributed by atoms with van der Waals surface area (Å²) in [6.07, 6.45) is 0.751. The lowest BCUT2D eigenvalue weighted by atomic mass is 10.1. The highest BCUT2D eigenvalue weighted by molar-refractivity contribution is 7.92. The van der Waals surface area contributed by atoms with E-state index in [-0.39, 0.29) is 22.9 Å². The van der Waals surface area contributed by atoms with E-state index in [0.717, 1.165) is 5.56 Å². The molecule has 0 radical (unpaired) electrons. The highest BCUT2D eigenvalue weighted by Crippen LogP contribution is 2.31.